The first kappa shape index (κ1) is 20.2. The second-order valence-electron chi connectivity index (χ2n) is 7.61. The van der Waals surface area contributed by atoms with E-state index in [-0.39, 0.29) is 24.2 Å². The first-order valence-corrected chi connectivity index (χ1v) is 9.46. The Kier molecular flexibility index (Phi) is 7.29. The molecule has 1 unspecified atom stereocenters. The fourth-order valence-corrected chi connectivity index (χ4v) is 3.61. The molecule has 5 heteroatoms. The number of likely N-dealkylation sites (tertiary alicyclic amines) is 1. The van der Waals surface area contributed by atoms with E-state index >= 15 is 0 Å². The van der Waals surface area contributed by atoms with E-state index in [1.807, 2.05) is 24.3 Å². The van der Waals surface area contributed by atoms with E-state index in [1.54, 1.807) is 6.92 Å². The molecule has 0 aromatic heterocycles. The molecule has 4 nitrogen and oxygen atoms in total. The van der Waals surface area contributed by atoms with Crippen LogP contribution in [0.25, 0.3) is 0 Å². The van der Waals surface area contributed by atoms with E-state index in [9.17, 15) is 4.79 Å². The number of piperidine rings is 1. The molecule has 1 aromatic carbocycles. The SMILES string of the molecule is CCOC(=O)COC(c1cccc(Cl)c1)[C@@H]1CCCN(C(C)(C)C)C1. The molecule has 2 atom stereocenters. The van der Waals surface area contributed by atoms with Crippen molar-refractivity contribution in [2.45, 2.75) is 52.2 Å². The third kappa shape index (κ3) is 5.98. The van der Waals surface area contributed by atoms with Crippen LogP contribution in [0.1, 0.15) is 52.2 Å². The van der Waals surface area contributed by atoms with Crippen LogP contribution in [0, 0.1) is 5.92 Å². The van der Waals surface area contributed by atoms with Crippen LogP contribution in [0.4, 0.5) is 0 Å². The predicted octanol–water partition coefficient (Wildman–Crippen LogP) is 4.47. The van der Waals surface area contributed by atoms with Gasteiger partial charge in [-0.25, -0.2) is 4.79 Å². The molecule has 0 amide bonds. The van der Waals surface area contributed by atoms with Gasteiger partial charge in [-0.2, -0.15) is 0 Å². The van der Waals surface area contributed by atoms with Crippen molar-refractivity contribution in [2.75, 3.05) is 26.3 Å². The lowest BCUT2D eigenvalue weighted by Gasteiger charge is -2.43. The normalized spacial score (nSPS) is 20.3. The Labute approximate surface area is 156 Å². The van der Waals surface area contributed by atoms with Crippen LogP contribution >= 0.6 is 11.6 Å². The molecule has 0 spiro atoms. The number of nitrogens with zero attached hydrogens (tertiary/aromatic N) is 1. The molecule has 1 fully saturated rings. The van der Waals surface area contributed by atoms with Crippen LogP contribution < -0.4 is 0 Å². The third-order valence-electron chi connectivity index (χ3n) is 4.70. The fourth-order valence-electron chi connectivity index (χ4n) is 3.41. The van der Waals surface area contributed by atoms with Crippen molar-refractivity contribution in [1.82, 2.24) is 4.90 Å². The highest BCUT2D eigenvalue weighted by molar-refractivity contribution is 6.30. The van der Waals surface area contributed by atoms with Crippen LogP contribution in [0.5, 0.6) is 0 Å². The summed E-state index contributed by atoms with van der Waals surface area (Å²) in [6, 6.07) is 7.75. The summed E-state index contributed by atoms with van der Waals surface area (Å²) in [6.45, 7) is 10.9. The Morgan fingerprint density at radius 1 is 1.40 bits per heavy atom. The Hall–Kier alpha value is -1.10. The van der Waals surface area contributed by atoms with E-state index in [0.717, 1.165) is 31.5 Å². The predicted molar refractivity (Wildman–Crippen MR) is 101 cm³/mol. The molecule has 2 rings (SSSR count). The van der Waals surface area contributed by atoms with Gasteiger partial charge >= 0.3 is 5.97 Å². The number of halogens is 1. The highest BCUT2D eigenvalue weighted by atomic mass is 35.5. The summed E-state index contributed by atoms with van der Waals surface area (Å²) in [4.78, 5) is 14.3. The van der Waals surface area contributed by atoms with Gasteiger partial charge in [-0.05, 0) is 64.8 Å². The first-order chi connectivity index (χ1) is 11.8. The molecule has 0 aliphatic carbocycles. The van der Waals surface area contributed by atoms with Gasteiger partial charge in [-0.3, -0.25) is 4.90 Å². The summed E-state index contributed by atoms with van der Waals surface area (Å²) >= 11 is 6.18. The zero-order chi connectivity index (χ0) is 18.4. The quantitative estimate of drug-likeness (QED) is 0.695. The Bertz CT molecular complexity index is 570. The minimum atomic E-state index is -0.321. The zero-order valence-corrected chi connectivity index (χ0v) is 16.5. The number of hydrogen-bond donors (Lipinski definition) is 0. The van der Waals surface area contributed by atoms with Crippen LogP contribution in [-0.4, -0.2) is 42.7 Å². The van der Waals surface area contributed by atoms with Gasteiger partial charge in [0.15, 0.2) is 0 Å². The number of carbonyl (C=O) groups excluding carboxylic acids is 1. The van der Waals surface area contributed by atoms with Crippen LogP contribution in [-0.2, 0) is 14.3 Å². The minimum Gasteiger partial charge on any atom is -0.464 e. The first-order valence-electron chi connectivity index (χ1n) is 9.09. The van der Waals surface area contributed by atoms with Gasteiger partial charge in [0, 0.05) is 23.0 Å². The molecule has 0 bridgehead atoms. The minimum absolute atomic E-state index is 0.0307. The summed E-state index contributed by atoms with van der Waals surface area (Å²) < 4.78 is 11.1. The second kappa shape index (κ2) is 9.02. The van der Waals surface area contributed by atoms with Crippen LogP contribution in [0.2, 0.25) is 5.02 Å². The van der Waals surface area contributed by atoms with Crippen molar-refractivity contribution in [3.8, 4) is 0 Å². The van der Waals surface area contributed by atoms with Crippen molar-refractivity contribution in [2.24, 2.45) is 5.92 Å². The van der Waals surface area contributed by atoms with E-state index in [1.165, 1.54) is 0 Å². The lowest BCUT2D eigenvalue weighted by atomic mass is 9.86. The van der Waals surface area contributed by atoms with Gasteiger partial charge in [0.1, 0.15) is 6.61 Å². The van der Waals surface area contributed by atoms with Crippen molar-refractivity contribution >= 4 is 17.6 Å². The Morgan fingerprint density at radius 3 is 2.80 bits per heavy atom. The summed E-state index contributed by atoms with van der Waals surface area (Å²) in [5, 5.41) is 0.686. The largest absolute Gasteiger partial charge is 0.464 e. The number of benzene rings is 1. The number of hydrogen-bond acceptors (Lipinski definition) is 4. The fraction of sp³-hybridized carbons (Fsp3) is 0.650. The van der Waals surface area contributed by atoms with Gasteiger partial charge in [-0.1, -0.05) is 23.7 Å². The molecule has 140 valence electrons. The lowest BCUT2D eigenvalue weighted by Crippen LogP contribution is -2.48. The average Bonchev–Trinajstić information content (AvgIpc) is 2.55. The number of rotatable bonds is 6. The van der Waals surface area contributed by atoms with Gasteiger partial charge in [0.05, 0.1) is 12.7 Å². The molecular formula is C20H30ClNO3. The topological polar surface area (TPSA) is 38.8 Å². The van der Waals surface area contributed by atoms with Gasteiger partial charge in [-0.15, -0.1) is 0 Å². The van der Waals surface area contributed by atoms with Gasteiger partial charge < -0.3 is 9.47 Å². The van der Waals surface area contributed by atoms with Crippen LogP contribution in [0.3, 0.4) is 0 Å². The smallest absolute Gasteiger partial charge is 0.332 e. The molecule has 0 saturated carbocycles. The summed E-state index contributed by atoms with van der Waals surface area (Å²) in [5.41, 5.74) is 1.15. The van der Waals surface area contributed by atoms with E-state index in [2.05, 4.69) is 25.7 Å². The van der Waals surface area contributed by atoms with Crippen LogP contribution in [0.15, 0.2) is 24.3 Å². The molecule has 1 aliphatic heterocycles. The maximum Gasteiger partial charge on any atom is 0.332 e. The maximum absolute atomic E-state index is 11.8. The van der Waals surface area contributed by atoms with Crippen molar-refractivity contribution in [3.63, 3.8) is 0 Å². The number of esters is 1. The second-order valence-corrected chi connectivity index (χ2v) is 8.05. The molecule has 1 heterocycles. The number of carbonyl (C=O) groups is 1. The van der Waals surface area contributed by atoms with Gasteiger partial charge in [0.25, 0.3) is 0 Å². The number of ether oxygens (including phenoxy) is 2. The van der Waals surface area contributed by atoms with Gasteiger partial charge in [0.2, 0.25) is 0 Å². The summed E-state index contributed by atoms with van der Waals surface area (Å²) in [5.74, 6) is -0.00103. The molecule has 1 aliphatic rings. The van der Waals surface area contributed by atoms with E-state index in [4.69, 9.17) is 21.1 Å². The molecule has 0 N–H and O–H groups in total. The van der Waals surface area contributed by atoms with Crippen molar-refractivity contribution < 1.29 is 14.3 Å². The Balaban J connectivity index is 2.17. The Morgan fingerprint density at radius 2 is 2.16 bits per heavy atom. The average molecular weight is 368 g/mol. The summed E-state index contributed by atoms with van der Waals surface area (Å²) in [6.07, 6.45) is 2.04. The molecule has 1 aromatic rings. The molecular weight excluding hydrogens is 338 g/mol. The maximum atomic E-state index is 11.8. The van der Waals surface area contributed by atoms with Crippen molar-refractivity contribution in [3.05, 3.63) is 34.9 Å². The highest BCUT2D eigenvalue weighted by Gasteiger charge is 2.33. The van der Waals surface area contributed by atoms with Crippen molar-refractivity contribution in [1.29, 1.82) is 0 Å². The standard InChI is InChI=1S/C20H30ClNO3/c1-5-24-18(23)14-25-19(15-8-6-10-17(21)12-15)16-9-7-11-22(13-16)20(2,3)4/h6,8,10,12,16,19H,5,7,9,11,13-14H2,1-4H3/t16-,19?/m1/s1. The molecule has 25 heavy (non-hydrogen) atoms. The third-order valence-corrected chi connectivity index (χ3v) is 4.93. The van der Waals surface area contributed by atoms with E-state index in [0.29, 0.717) is 17.5 Å². The zero-order valence-electron chi connectivity index (χ0n) is 15.8. The monoisotopic (exact) mass is 367 g/mol. The van der Waals surface area contributed by atoms with E-state index < -0.39 is 0 Å². The summed E-state index contributed by atoms with van der Waals surface area (Å²) in [7, 11) is 0. The molecule has 0 radical (unpaired) electrons. The highest BCUT2D eigenvalue weighted by Crippen LogP contribution is 2.35. The lowest BCUT2D eigenvalue weighted by molar-refractivity contribution is -0.152. The molecule has 1 saturated heterocycles.